The van der Waals surface area contributed by atoms with Crippen molar-refractivity contribution < 1.29 is 27.2 Å². The summed E-state index contributed by atoms with van der Waals surface area (Å²) in [5.74, 6) is -2.38. The number of hydrogen-bond donors (Lipinski definition) is 3. The number of aromatic amines is 1. The zero-order valence-corrected chi connectivity index (χ0v) is 19.3. The van der Waals surface area contributed by atoms with Gasteiger partial charge in [-0.1, -0.05) is 17.7 Å². The van der Waals surface area contributed by atoms with Crippen molar-refractivity contribution in [1.82, 2.24) is 15.6 Å². The number of halogens is 6. The number of amides is 2. The lowest BCUT2D eigenvalue weighted by atomic mass is 10.1. The van der Waals surface area contributed by atoms with Crippen LogP contribution < -0.4 is 10.6 Å². The molecule has 12 heteroatoms. The van der Waals surface area contributed by atoms with Crippen LogP contribution in [0.2, 0.25) is 5.02 Å². The van der Waals surface area contributed by atoms with Gasteiger partial charge in [0.2, 0.25) is 0 Å². The molecule has 0 saturated heterocycles. The van der Waals surface area contributed by atoms with Crippen LogP contribution in [0.5, 0.6) is 0 Å². The van der Waals surface area contributed by atoms with Gasteiger partial charge in [-0.25, -0.2) is 4.39 Å². The number of nitriles is 1. The summed E-state index contributed by atoms with van der Waals surface area (Å²) in [6, 6.07) is 6.40. The molecule has 1 aliphatic carbocycles. The molecule has 1 aliphatic rings. The average molecular weight is 558 g/mol. The number of H-pyrrole nitrogens is 1. The number of nitrogens with zero attached hydrogens (tertiary/aromatic N) is 1. The lowest BCUT2D eigenvalue weighted by molar-refractivity contribution is -0.155. The zero-order chi connectivity index (χ0) is 24.8. The van der Waals surface area contributed by atoms with Crippen molar-refractivity contribution in [2.24, 2.45) is 0 Å². The van der Waals surface area contributed by atoms with Crippen LogP contribution in [0.4, 0.5) is 17.6 Å². The zero-order valence-electron chi connectivity index (χ0n) is 17.0. The number of carbonyl (C=O) groups is 2. The van der Waals surface area contributed by atoms with Gasteiger partial charge in [0.25, 0.3) is 11.8 Å². The molecule has 4 rings (SSSR count). The highest BCUT2D eigenvalue weighted by molar-refractivity contribution is 9.10. The van der Waals surface area contributed by atoms with Gasteiger partial charge in [0, 0.05) is 10.9 Å². The third kappa shape index (κ3) is 4.74. The molecule has 34 heavy (non-hydrogen) atoms. The molecule has 1 atom stereocenters. The van der Waals surface area contributed by atoms with E-state index in [2.05, 4.69) is 26.2 Å². The van der Waals surface area contributed by atoms with Crippen molar-refractivity contribution in [3.8, 4) is 6.07 Å². The largest absolute Gasteiger partial charge is 0.412 e. The summed E-state index contributed by atoms with van der Waals surface area (Å²) in [5.41, 5.74) is -1.10. The predicted molar refractivity (Wildman–Crippen MR) is 119 cm³/mol. The molecule has 3 N–H and O–H groups in total. The normalized spacial score (nSPS) is 15.4. The summed E-state index contributed by atoms with van der Waals surface area (Å²) < 4.78 is 54.3. The first-order valence-electron chi connectivity index (χ1n) is 9.81. The quantitative estimate of drug-likeness (QED) is 0.359. The van der Waals surface area contributed by atoms with Crippen LogP contribution in [0.15, 0.2) is 40.9 Å². The minimum Gasteiger partial charge on any atom is -0.350 e. The van der Waals surface area contributed by atoms with E-state index in [1.807, 2.05) is 11.4 Å². The second kappa shape index (κ2) is 8.60. The lowest BCUT2D eigenvalue weighted by Gasteiger charge is -2.22. The van der Waals surface area contributed by atoms with Gasteiger partial charge >= 0.3 is 6.18 Å². The van der Waals surface area contributed by atoms with Crippen molar-refractivity contribution in [1.29, 1.82) is 5.26 Å². The molecule has 0 spiro atoms. The van der Waals surface area contributed by atoms with Crippen LogP contribution in [0.25, 0.3) is 10.9 Å². The van der Waals surface area contributed by atoms with Crippen LogP contribution in [0.1, 0.15) is 45.3 Å². The van der Waals surface area contributed by atoms with Gasteiger partial charge in [0.1, 0.15) is 17.1 Å². The van der Waals surface area contributed by atoms with E-state index < -0.39 is 35.4 Å². The summed E-state index contributed by atoms with van der Waals surface area (Å²) in [6.45, 7) is 0. The molecule has 0 radical (unpaired) electrons. The van der Waals surface area contributed by atoms with Gasteiger partial charge < -0.3 is 15.6 Å². The molecule has 6 nitrogen and oxygen atoms in total. The fraction of sp³-hybridized carbons (Fsp3) is 0.227. The van der Waals surface area contributed by atoms with E-state index in [0.29, 0.717) is 23.7 Å². The Hall–Kier alpha value is -3.10. The predicted octanol–water partition coefficient (Wildman–Crippen LogP) is 5.54. The Labute approximate surface area is 203 Å². The maximum absolute atomic E-state index is 13.7. The number of rotatable bonds is 5. The molecule has 1 aromatic heterocycles. The number of hydrogen-bond acceptors (Lipinski definition) is 3. The SMILES string of the molecule is N#CC1(NC(=O)c2cc3cc(C(=O)NC(c4ccc(F)c(Br)c4)C(F)(F)F)[nH]c3cc2Cl)CC1. The number of aromatic nitrogens is 1. The van der Waals surface area contributed by atoms with Gasteiger partial charge in [0.15, 0.2) is 6.04 Å². The summed E-state index contributed by atoms with van der Waals surface area (Å²) in [4.78, 5) is 27.9. The summed E-state index contributed by atoms with van der Waals surface area (Å²) >= 11 is 9.03. The molecule has 2 aromatic carbocycles. The van der Waals surface area contributed by atoms with Gasteiger partial charge in [-0.15, -0.1) is 0 Å². The number of benzene rings is 2. The third-order valence-electron chi connectivity index (χ3n) is 5.39. The molecule has 0 aliphatic heterocycles. The number of carbonyl (C=O) groups excluding carboxylic acids is 2. The smallest absolute Gasteiger partial charge is 0.350 e. The van der Waals surface area contributed by atoms with E-state index in [0.717, 1.165) is 18.2 Å². The minimum absolute atomic E-state index is 0.0388. The molecular weight excluding hydrogens is 544 g/mol. The van der Waals surface area contributed by atoms with Crippen molar-refractivity contribution in [3.05, 3.63) is 68.5 Å². The van der Waals surface area contributed by atoms with E-state index in [9.17, 15) is 27.2 Å². The molecule has 1 fully saturated rings. The fourth-order valence-corrected chi connectivity index (χ4v) is 4.03. The molecule has 176 valence electrons. The van der Waals surface area contributed by atoms with Gasteiger partial charge in [-0.05, 0) is 64.7 Å². The first-order chi connectivity index (χ1) is 15.9. The second-order valence-electron chi connectivity index (χ2n) is 7.87. The summed E-state index contributed by atoms with van der Waals surface area (Å²) in [7, 11) is 0. The minimum atomic E-state index is -4.85. The number of nitrogens with one attached hydrogen (secondary N) is 3. The molecule has 1 saturated carbocycles. The first kappa shape index (κ1) is 24.0. The first-order valence-corrected chi connectivity index (χ1v) is 11.0. The van der Waals surface area contributed by atoms with E-state index in [1.54, 1.807) is 0 Å². The lowest BCUT2D eigenvalue weighted by Crippen LogP contribution is -2.38. The van der Waals surface area contributed by atoms with E-state index in [4.69, 9.17) is 16.9 Å². The summed E-state index contributed by atoms with van der Waals surface area (Å²) in [6.07, 6.45) is -3.81. The standard InChI is InChI=1S/C22H14BrClF4N4O2/c23-13-6-10(1-2-15(13)25)18(22(26,27)28)31-20(34)17-7-11-5-12(14(24)8-16(11)30-17)19(33)32-21(9-29)3-4-21/h1-2,5-8,18,30H,3-4H2,(H,31,34)(H,32,33). The highest BCUT2D eigenvalue weighted by atomic mass is 79.9. The van der Waals surface area contributed by atoms with Crippen LogP contribution >= 0.6 is 27.5 Å². The molecule has 3 aromatic rings. The van der Waals surface area contributed by atoms with Gasteiger partial charge in [-0.3, -0.25) is 9.59 Å². The maximum atomic E-state index is 13.7. The number of alkyl halides is 3. The van der Waals surface area contributed by atoms with Crippen LogP contribution in [-0.4, -0.2) is 28.5 Å². The molecule has 1 unspecified atom stereocenters. The second-order valence-corrected chi connectivity index (χ2v) is 9.13. The molecule has 1 heterocycles. The molecule has 0 bridgehead atoms. The molecule has 2 amide bonds. The Morgan fingerprint density at radius 2 is 1.88 bits per heavy atom. The van der Waals surface area contributed by atoms with Gasteiger partial charge in [0.05, 0.1) is 21.1 Å². The van der Waals surface area contributed by atoms with E-state index in [-0.39, 0.29) is 26.3 Å². The number of fused-ring (bicyclic) bond motifs is 1. The Kier molecular flexibility index (Phi) is 6.08. The third-order valence-corrected chi connectivity index (χ3v) is 6.31. The van der Waals surface area contributed by atoms with Crippen molar-refractivity contribution >= 4 is 50.2 Å². The van der Waals surface area contributed by atoms with Crippen LogP contribution in [-0.2, 0) is 0 Å². The highest BCUT2D eigenvalue weighted by Gasteiger charge is 2.45. The Balaban J connectivity index is 1.61. The van der Waals surface area contributed by atoms with Crippen molar-refractivity contribution in [2.45, 2.75) is 30.6 Å². The molecular formula is C22H14BrClF4N4O2. The Morgan fingerprint density at radius 1 is 1.18 bits per heavy atom. The topological polar surface area (TPSA) is 97.8 Å². The Morgan fingerprint density at radius 3 is 2.47 bits per heavy atom. The van der Waals surface area contributed by atoms with Crippen LogP contribution in [0, 0.1) is 17.1 Å². The van der Waals surface area contributed by atoms with E-state index >= 15 is 0 Å². The van der Waals surface area contributed by atoms with E-state index in [1.165, 1.54) is 18.2 Å². The maximum Gasteiger partial charge on any atom is 0.412 e. The monoisotopic (exact) mass is 556 g/mol. The Bertz CT molecular complexity index is 1360. The van der Waals surface area contributed by atoms with Crippen molar-refractivity contribution in [2.75, 3.05) is 0 Å². The van der Waals surface area contributed by atoms with Crippen molar-refractivity contribution in [3.63, 3.8) is 0 Å². The summed E-state index contributed by atoms with van der Waals surface area (Å²) in [5, 5.41) is 14.1. The van der Waals surface area contributed by atoms with Gasteiger partial charge in [-0.2, -0.15) is 18.4 Å². The highest BCUT2D eigenvalue weighted by Crippen LogP contribution is 2.36. The fourth-order valence-electron chi connectivity index (χ4n) is 3.38. The van der Waals surface area contributed by atoms with Crippen LogP contribution in [0.3, 0.4) is 0 Å². The average Bonchev–Trinajstić information content (AvgIpc) is 3.41.